The molecule has 2 fully saturated rings. The maximum Gasteiger partial charge on any atom is 0.250 e. The molecule has 4 unspecified atom stereocenters. The Morgan fingerprint density at radius 3 is 2.62 bits per heavy atom. The Hall–Kier alpha value is -0.543. The monoisotopic (exact) mass is 474 g/mol. The first-order valence-electron chi connectivity index (χ1n) is 11.6. The molecular weight excluding hydrogens is 436 g/mol. The summed E-state index contributed by atoms with van der Waals surface area (Å²) in [4.78, 5) is 0. The normalized spacial score (nSPS) is 33.2. The lowest BCUT2D eigenvalue weighted by molar-refractivity contribution is 0.0813. The molecular formula is C26H39BrOSi. The molecule has 4 atom stereocenters. The van der Waals surface area contributed by atoms with Gasteiger partial charge in [-0.05, 0) is 103 Å². The van der Waals surface area contributed by atoms with E-state index >= 15 is 0 Å². The Bertz CT molecular complexity index is 805. The molecule has 0 bridgehead atoms. The number of rotatable bonds is 3. The van der Waals surface area contributed by atoms with E-state index in [1.165, 1.54) is 38.5 Å². The van der Waals surface area contributed by atoms with E-state index in [2.05, 4.69) is 81.0 Å². The summed E-state index contributed by atoms with van der Waals surface area (Å²) in [7, 11) is -1.78. The van der Waals surface area contributed by atoms with Crippen molar-refractivity contribution in [1.29, 1.82) is 0 Å². The van der Waals surface area contributed by atoms with Crippen molar-refractivity contribution in [3.8, 4) is 5.75 Å². The number of halogens is 1. The van der Waals surface area contributed by atoms with E-state index in [4.69, 9.17) is 4.43 Å². The van der Waals surface area contributed by atoms with Gasteiger partial charge in [0.1, 0.15) is 5.75 Å². The van der Waals surface area contributed by atoms with Crippen molar-refractivity contribution in [3.05, 3.63) is 41.0 Å². The molecule has 0 aliphatic heterocycles. The van der Waals surface area contributed by atoms with Crippen LogP contribution >= 0.6 is 15.9 Å². The van der Waals surface area contributed by atoms with Gasteiger partial charge in [-0.25, -0.2) is 0 Å². The van der Waals surface area contributed by atoms with Crippen molar-refractivity contribution in [1.82, 2.24) is 0 Å². The average molecular weight is 476 g/mol. The third-order valence-electron chi connectivity index (χ3n) is 9.05. The van der Waals surface area contributed by atoms with Crippen molar-refractivity contribution in [2.45, 2.75) is 90.3 Å². The summed E-state index contributed by atoms with van der Waals surface area (Å²) in [5.74, 6) is 3.62. The minimum atomic E-state index is -1.78. The molecule has 0 saturated heterocycles. The summed E-state index contributed by atoms with van der Waals surface area (Å²) in [6.45, 7) is 14.2. The van der Waals surface area contributed by atoms with Gasteiger partial charge in [0.2, 0.25) is 8.32 Å². The maximum absolute atomic E-state index is 6.62. The van der Waals surface area contributed by atoms with Crippen LogP contribution in [-0.2, 0) is 6.42 Å². The van der Waals surface area contributed by atoms with Crippen LogP contribution in [0.15, 0.2) is 29.8 Å². The molecule has 4 rings (SSSR count). The predicted molar refractivity (Wildman–Crippen MR) is 131 cm³/mol. The van der Waals surface area contributed by atoms with Crippen LogP contribution in [0.5, 0.6) is 5.75 Å². The SMILES string of the molecule is CC12CCC3c4ccc(O[Si](C)(C)C(C)(C)C)cc4CCC3C1CCC2=CCBr. The van der Waals surface area contributed by atoms with E-state index < -0.39 is 8.32 Å². The molecule has 0 radical (unpaired) electrons. The van der Waals surface area contributed by atoms with Gasteiger partial charge >= 0.3 is 0 Å². The number of benzene rings is 1. The van der Waals surface area contributed by atoms with Crippen LogP contribution in [0.4, 0.5) is 0 Å². The van der Waals surface area contributed by atoms with Crippen LogP contribution in [0.1, 0.15) is 76.8 Å². The summed E-state index contributed by atoms with van der Waals surface area (Å²) >= 11 is 3.64. The number of aryl methyl sites for hydroxylation is 1. The molecule has 1 aromatic rings. The zero-order valence-corrected chi connectivity index (χ0v) is 21.9. The van der Waals surface area contributed by atoms with Crippen LogP contribution in [0, 0.1) is 17.3 Å². The first-order chi connectivity index (χ1) is 13.6. The molecule has 0 spiro atoms. The smallest absolute Gasteiger partial charge is 0.250 e. The van der Waals surface area contributed by atoms with Gasteiger partial charge in [-0.1, -0.05) is 61.3 Å². The van der Waals surface area contributed by atoms with Crippen molar-refractivity contribution in [2.75, 3.05) is 5.33 Å². The third-order valence-corrected chi connectivity index (χ3v) is 13.7. The van der Waals surface area contributed by atoms with E-state index in [9.17, 15) is 0 Å². The lowest BCUT2D eigenvalue weighted by Gasteiger charge is -2.49. The largest absolute Gasteiger partial charge is 0.543 e. The van der Waals surface area contributed by atoms with Gasteiger partial charge in [0, 0.05) is 5.33 Å². The van der Waals surface area contributed by atoms with Gasteiger partial charge in [0.05, 0.1) is 0 Å². The Labute approximate surface area is 188 Å². The van der Waals surface area contributed by atoms with E-state index in [0.29, 0.717) is 5.41 Å². The molecule has 29 heavy (non-hydrogen) atoms. The van der Waals surface area contributed by atoms with Crippen LogP contribution < -0.4 is 4.43 Å². The van der Waals surface area contributed by atoms with Crippen LogP contribution in [0.2, 0.25) is 18.1 Å². The van der Waals surface area contributed by atoms with Crippen molar-refractivity contribution in [2.24, 2.45) is 17.3 Å². The zero-order chi connectivity index (χ0) is 21.0. The highest BCUT2D eigenvalue weighted by molar-refractivity contribution is 9.09. The molecule has 1 nitrogen and oxygen atoms in total. The fourth-order valence-corrected chi connectivity index (χ4v) is 7.76. The minimum Gasteiger partial charge on any atom is -0.543 e. The highest BCUT2D eigenvalue weighted by Crippen LogP contribution is 2.62. The first kappa shape index (κ1) is 21.7. The highest BCUT2D eigenvalue weighted by Gasteiger charge is 2.52. The summed E-state index contributed by atoms with van der Waals surface area (Å²) in [5.41, 5.74) is 5.41. The Kier molecular flexibility index (Phi) is 5.64. The van der Waals surface area contributed by atoms with E-state index in [-0.39, 0.29) is 5.04 Å². The van der Waals surface area contributed by atoms with Gasteiger partial charge in [-0.15, -0.1) is 0 Å². The lowest BCUT2D eigenvalue weighted by Crippen LogP contribution is -2.44. The van der Waals surface area contributed by atoms with E-state index in [1.54, 1.807) is 16.7 Å². The third kappa shape index (κ3) is 3.69. The minimum absolute atomic E-state index is 0.241. The van der Waals surface area contributed by atoms with Gasteiger partial charge < -0.3 is 4.43 Å². The van der Waals surface area contributed by atoms with E-state index in [0.717, 1.165) is 28.8 Å². The van der Waals surface area contributed by atoms with Gasteiger partial charge in [-0.3, -0.25) is 0 Å². The standard InChI is InChI=1S/C26H39BrOSi/c1-25(2,3)29(5,6)28-20-9-11-21-18(17-20)7-10-23-22(21)13-15-26(4)19(14-16-27)8-12-24(23)26/h9,11,14,17,22-24H,7-8,10,12-13,15-16H2,1-6H3. The summed E-state index contributed by atoms with van der Waals surface area (Å²) in [6, 6.07) is 7.10. The number of allylic oxidation sites excluding steroid dienone is 2. The molecule has 0 heterocycles. The quantitative estimate of drug-likeness (QED) is 0.243. The fourth-order valence-electron chi connectivity index (χ4n) is 6.35. The number of hydrogen-bond donors (Lipinski definition) is 0. The van der Waals surface area contributed by atoms with Crippen LogP contribution in [0.3, 0.4) is 0 Å². The molecule has 0 aromatic heterocycles. The van der Waals surface area contributed by atoms with E-state index in [1.807, 2.05) is 0 Å². The molecule has 1 aromatic carbocycles. The average Bonchev–Trinajstić information content (AvgIpc) is 2.97. The van der Waals surface area contributed by atoms with Crippen molar-refractivity contribution < 1.29 is 4.43 Å². The number of hydrogen-bond acceptors (Lipinski definition) is 1. The Morgan fingerprint density at radius 1 is 1.17 bits per heavy atom. The molecule has 0 N–H and O–H groups in total. The topological polar surface area (TPSA) is 9.23 Å². The van der Waals surface area contributed by atoms with Crippen LogP contribution in [0.25, 0.3) is 0 Å². The molecule has 3 heteroatoms. The second kappa shape index (κ2) is 7.55. The Balaban J connectivity index is 1.58. The summed E-state index contributed by atoms with van der Waals surface area (Å²) in [6.07, 6.45) is 10.5. The second-order valence-electron chi connectivity index (χ2n) is 11.5. The molecule has 3 aliphatic carbocycles. The predicted octanol–water partition coefficient (Wildman–Crippen LogP) is 8.25. The second-order valence-corrected chi connectivity index (χ2v) is 16.9. The zero-order valence-electron chi connectivity index (χ0n) is 19.3. The highest BCUT2D eigenvalue weighted by atomic mass is 79.9. The Morgan fingerprint density at radius 2 is 1.93 bits per heavy atom. The van der Waals surface area contributed by atoms with Gasteiger partial charge in [0.15, 0.2) is 0 Å². The lowest BCUT2D eigenvalue weighted by atomic mass is 9.55. The summed E-state index contributed by atoms with van der Waals surface area (Å²) < 4.78 is 6.62. The summed E-state index contributed by atoms with van der Waals surface area (Å²) in [5, 5.41) is 1.25. The number of alkyl halides is 1. The molecule has 160 valence electrons. The fraction of sp³-hybridized carbons (Fsp3) is 0.692. The molecule has 0 amide bonds. The van der Waals surface area contributed by atoms with Gasteiger partial charge in [-0.2, -0.15) is 0 Å². The maximum atomic E-state index is 6.62. The number of fused-ring (bicyclic) bond motifs is 5. The molecule has 3 aliphatic rings. The molecule has 2 saturated carbocycles. The first-order valence-corrected chi connectivity index (χ1v) is 15.7. The van der Waals surface area contributed by atoms with Gasteiger partial charge in [0.25, 0.3) is 0 Å². The van der Waals surface area contributed by atoms with Crippen LogP contribution in [-0.4, -0.2) is 13.6 Å². The van der Waals surface area contributed by atoms with Crippen molar-refractivity contribution >= 4 is 24.2 Å². The van der Waals surface area contributed by atoms with Crippen molar-refractivity contribution in [3.63, 3.8) is 0 Å².